The van der Waals surface area contributed by atoms with Crippen molar-refractivity contribution in [3.63, 3.8) is 0 Å². The molecule has 132 valence electrons. The van der Waals surface area contributed by atoms with Gasteiger partial charge < -0.3 is 10.5 Å². The van der Waals surface area contributed by atoms with E-state index in [0.717, 1.165) is 24.1 Å². The molecule has 0 unspecified atom stereocenters. The van der Waals surface area contributed by atoms with Crippen LogP contribution in [0.15, 0.2) is 36.7 Å². The van der Waals surface area contributed by atoms with Gasteiger partial charge in [0.25, 0.3) is 0 Å². The molecule has 0 radical (unpaired) electrons. The topological polar surface area (TPSA) is 103 Å². The minimum atomic E-state index is 0.381. The summed E-state index contributed by atoms with van der Waals surface area (Å²) in [6.07, 6.45) is 5.26. The third kappa shape index (κ3) is 3.71. The number of benzene rings is 1. The largest absolute Gasteiger partial charge is 0.438 e. The number of rotatable bonds is 6. The van der Waals surface area contributed by atoms with E-state index in [2.05, 4.69) is 28.1 Å². The zero-order valence-corrected chi connectivity index (χ0v) is 14.8. The first-order valence-electron chi connectivity index (χ1n) is 8.41. The summed E-state index contributed by atoms with van der Waals surface area (Å²) >= 11 is 0. The molecule has 2 N–H and O–H groups in total. The van der Waals surface area contributed by atoms with Crippen LogP contribution < -0.4 is 10.5 Å². The fourth-order valence-electron chi connectivity index (χ4n) is 2.55. The molecule has 2 aromatic heterocycles. The minimum Gasteiger partial charge on any atom is -0.438 e. The third-order valence-corrected chi connectivity index (χ3v) is 3.90. The first-order chi connectivity index (χ1) is 12.6. The van der Waals surface area contributed by atoms with Crippen molar-refractivity contribution < 1.29 is 4.74 Å². The van der Waals surface area contributed by atoms with E-state index in [0.29, 0.717) is 35.1 Å². The summed E-state index contributed by atoms with van der Waals surface area (Å²) in [5, 5.41) is 13.7. The molecular formula is C19H20N6O. The smallest absolute Gasteiger partial charge is 0.217 e. The maximum Gasteiger partial charge on any atom is 0.217 e. The van der Waals surface area contributed by atoms with Gasteiger partial charge in [0, 0.05) is 37.6 Å². The highest BCUT2D eigenvalue weighted by Crippen LogP contribution is 2.32. The van der Waals surface area contributed by atoms with E-state index in [9.17, 15) is 5.26 Å². The maximum atomic E-state index is 9.22. The van der Waals surface area contributed by atoms with Gasteiger partial charge in [-0.2, -0.15) is 10.4 Å². The number of nitriles is 1. The van der Waals surface area contributed by atoms with Crippen LogP contribution in [0, 0.1) is 11.3 Å². The predicted octanol–water partition coefficient (Wildman–Crippen LogP) is 2.95. The van der Waals surface area contributed by atoms with Crippen LogP contribution in [0.1, 0.15) is 30.2 Å². The van der Waals surface area contributed by atoms with Crippen LogP contribution in [-0.4, -0.2) is 19.7 Å². The molecule has 0 atom stereocenters. The Morgan fingerprint density at radius 1 is 1.23 bits per heavy atom. The van der Waals surface area contributed by atoms with Crippen LogP contribution in [0.5, 0.6) is 11.6 Å². The van der Waals surface area contributed by atoms with Crippen molar-refractivity contribution in [3.05, 3.63) is 53.5 Å². The highest BCUT2D eigenvalue weighted by molar-refractivity contribution is 5.66. The van der Waals surface area contributed by atoms with E-state index >= 15 is 0 Å². The summed E-state index contributed by atoms with van der Waals surface area (Å²) in [5.74, 6) is 1.62. The summed E-state index contributed by atoms with van der Waals surface area (Å²) in [5.41, 5.74) is 8.61. The zero-order chi connectivity index (χ0) is 18.5. The second-order valence-electron chi connectivity index (χ2n) is 5.89. The first-order valence-corrected chi connectivity index (χ1v) is 8.41. The van der Waals surface area contributed by atoms with Crippen molar-refractivity contribution >= 4 is 0 Å². The van der Waals surface area contributed by atoms with Crippen molar-refractivity contribution in [1.29, 1.82) is 5.26 Å². The summed E-state index contributed by atoms with van der Waals surface area (Å²) in [6, 6.07) is 9.22. The van der Waals surface area contributed by atoms with Gasteiger partial charge >= 0.3 is 0 Å². The Bertz CT molecular complexity index is 940. The van der Waals surface area contributed by atoms with Crippen molar-refractivity contribution in [1.82, 2.24) is 19.7 Å². The van der Waals surface area contributed by atoms with E-state index in [4.69, 9.17) is 10.5 Å². The monoisotopic (exact) mass is 348 g/mol. The van der Waals surface area contributed by atoms with Crippen LogP contribution >= 0.6 is 0 Å². The lowest BCUT2D eigenvalue weighted by Crippen LogP contribution is -2.01. The molecule has 0 spiro atoms. The molecular weight excluding hydrogens is 328 g/mol. The Kier molecular flexibility index (Phi) is 5.25. The molecule has 0 bridgehead atoms. The zero-order valence-electron chi connectivity index (χ0n) is 14.8. The van der Waals surface area contributed by atoms with E-state index in [1.165, 1.54) is 0 Å². The molecule has 7 heteroatoms. The third-order valence-electron chi connectivity index (χ3n) is 3.90. The molecule has 0 aliphatic rings. The van der Waals surface area contributed by atoms with Gasteiger partial charge in [-0.15, -0.1) is 0 Å². The van der Waals surface area contributed by atoms with Crippen molar-refractivity contribution in [3.8, 4) is 29.1 Å². The lowest BCUT2D eigenvalue weighted by molar-refractivity contribution is 0.431. The molecule has 0 fully saturated rings. The van der Waals surface area contributed by atoms with E-state index < -0.39 is 0 Å². The number of aromatic nitrogens is 4. The van der Waals surface area contributed by atoms with E-state index in [1.807, 2.05) is 13.1 Å². The van der Waals surface area contributed by atoms with E-state index in [1.54, 1.807) is 35.3 Å². The van der Waals surface area contributed by atoms with Gasteiger partial charge in [-0.25, -0.2) is 14.6 Å². The fourth-order valence-corrected chi connectivity index (χ4v) is 2.55. The normalized spacial score (nSPS) is 10.5. The highest BCUT2D eigenvalue weighted by atomic mass is 16.5. The van der Waals surface area contributed by atoms with Crippen LogP contribution in [0.3, 0.4) is 0 Å². The summed E-state index contributed by atoms with van der Waals surface area (Å²) < 4.78 is 7.75. The Balaban J connectivity index is 2.00. The van der Waals surface area contributed by atoms with Crippen LogP contribution in [-0.2, 0) is 20.0 Å². The van der Waals surface area contributed by atoms with Gasteiger partial charge in [0.2, 0.25) is 5.88 Å². The number of hydrogen-bond acceptors (Lipinski definition) is 6. The molecule has 3 rings (SSSR count). The fraction of sp³-hybridized carbons (Fsp3) is 0.263. The molecule has 0 aliphatic heterocycles. The minimum absolute atomic E-state index is 0.381. The number of nitrogens with zero attached hydrogens (tertiary/aromatic N) is 5. The van der Waals surface area contributed by atoms with Gasteiger partial charge in [-0.05, 0) is 24.6 Å². The number of hydrogen-bond donors (Lipinski definition) is 1. The lowest BCUT2D eigenvalue weighted by Gasteiger charge is -2.11. The average molecular weight is 348 g/mol. The van der Waals surface area contributed by atoms with Crippen molar-refractivity contribution in [2.45, 2.75) is 26.3 Å². The maximum absolute atomic E-state index is 9.22. The molecule has 0 saturated carbocycles. The molecule has 3 aromatic rings. The van der Waals surface area contributed by atoms with Gasteiger partial charge in [0.15, 0.2) is 5.82 Å². The molecule has 0 amide bonds. The average Bonchev–Trinajstić information content (AvgIpc) is 3.01. The second-order valence-corrected chi connectivity index (χ2v) is 5.89. The molecule has 0 aliphatic carbocycles. The predicted molar refractivity (Wildman–Crippen MR) is 97.4 cm³/mol. The quantitative estimate of drug-likeness (QED) is 0.734. The molecule has 1 aromatic carbocycles. The summed E-state index contributed by atoms with van der Waals surface area (Å²) in [6.45, 7) is 2.48. The Hall–Kier alpha value is -3.24. The Morgan fingerprint density at radius 3 is 2.65 bits per heavy atom. The molecule has 0 saturated heterocycles. The second kappa shape index (κ2) is 7.76. The van der Waals surface area contributed by atoms with Crippen LogP contribution in [0.25, 0.3) is 11.4 Å². The van der Waals surface area contributed by atoms with Crippen molar-refractivity contribution in [2.75, 3.05) is 0 Å². The molecule has 2 heterocycles. The standard InChI is InChI=1S/C19H20N6O/c1-3-4-15-8-18(25(2)24-15)26-17-7-13(9-20)5-6-16(17)19-22-11-14(10-21)12-23-19/h5-8,11-12H,3-4,10,21H2,1-2H3. The summed E-state index contributed by atoms with van der Waals surface area (Å²) in [4.78, 5) is 8.72. The number of aryl methyl sites for hydroxylation is 2. The van der Waals surface area contributed by atoms with Gasteiger partial charge in [-0.1, -0.05) is 13.3 Å². The van der Waals surface area contributed by atoms with Gasteiger partial charge in [0.1, 0.15) is 5.75 Å². The highest BCUT2D eigenvalue weighted by Gasteiger charge is 2.14. The van der Waals surface area contributed by atoms with E-state index in [-0.39, 0.29) is 0 Å². The number of nitrogens with two attached hydrogens (primary N) is 1. The molecule has 26 heavy (non-hydrogen) atoms. The molecule has 7 nitrogen and oxygen atoms in total. The van der Waals surface area contributed by atoms with Gasteiger partial charge in [-0.3, -0.25) is 0 Å². The Labute approximate surface area is 152 Å². The summed E-state index contributed by atoms with van der Waals surface area (Å²) in [7, 11) is 1.83. The van der Waals surface area contributed by atoms with Crippen LogP contribution in [0.4, 0.5) is 0 Å². The first kappa shape index (κ1) is 17.6. The van der Waals surface area contributed by atoms with Gasteiger partial charge in [0.05, 0.1) is 22.9 Å². The Morgan fingerprint density at radius 2 is 2.00 bits per heavy atom. The lowest BCUT2D eigenvalue weighted by atomic mass is 10.1. The number of ether oxygens (including phenoxy) is 1. The van der Waals surface area contributed by atoms with Crippen LogP contribution in [0.2, 0.25) is 0 Å². The van der Waals surface area contributed by atoms with Crippen molar-refractivity contribution in [2.24, 2.45) is 12.8 Å². The SMILES string of the molecule is CCCc1cc(Oc2cc(C#N)ccc2-c2ncc(CN)cn2)n(C)n1.